The fraction of sp³-hybridized carbons (Fsp3) is 0.529. The predicted octanol–water partition coefficient (Wildman–Crippen LogP) is 1.99. The van der Waals surface area contributed by atoms with Crippen LogP contribution in [0.15, 0.2) is 30.3 Å². The summed E-state index contributed by atoms with van der Waals surface area (Å²) in [4.78, 5) is 26.0. The Morgan fingerprint density at radius 3 is 2.36 bits per heavy atom. The molecule has 1 amide bonds. The molecule has 0 radical (unpaired) electrons. The zero-order valence-electron chi connectivity index (χ0n) is 13.8. The minimum absolute atomic E-state index is 0.209. The van der Waals surface area contributed by atoms with Crippen molar-refractivity contribution in [2.24, 2.45) is 5.92 Å². The van der Waals surface area contributed by atoms with Crippen molar-refractivity contribution in [1.29, 1.82) is 0 Å². The second-order valence-corrected chi connectivity index (χ2v) is 6.00. The van der Waals surface area contributed by atoms with Gasteiger partial charge in [0.25, 0.3) is 0 Å². The van der Waals surface area contributed by atoms with Crippen molar-refractivity contribution in [3.05, 3.63) is 35.9 Å². The lowest BCUT2D eigenvalue weighted by Gasteiger charge is -2.19. The van der Waals surface area contributed by atoms with Crippen LogP contribution in [0, 0.1) is 5.92 Å². The number of nitrogens with one attached hydrogen (secondary N) is 1. The first kappa shape index (κ1) is 18.2. The average Bonchev–Trinajstić information content (AvgIpc) is 2.44. The van der Waals surface area contributed by atoms with Crippen LogP contribution in [0.5, 0.6) is 0 Å². The fourth-order valence-corrected chi connectivity index (χ4v) is 1.90. The van der Waals surface area contributed by atoms with E-state index in [9.17, 15) is 9.59 Å². The zero-order valence-corrected chi connectivity index (χ0v) is 13.8. The third kappa shape index (κ3) is 6.72. The summed E-state index contributed by atoms with van der Waals surface area (Å²) in [5, 5.41) is 2.75. The minimum Gasteiger partial charge on any atom is -0.464 e. The second kappa shape index (κ2) is 9.20. The molecule has 122 valence electrons. The van der Waals surface area contributed by atoms with E-state index >= 15 is 0 Å². The standard InChI is InChI=1S/C17H26N2O3/c1-13(2)10-11-22-17(21)16(14-8-6-5-7-9-14)18-15(20)12-19(3)4/h5-9,13,16H,10-12H2,1-4H3,(H,18,20). The van der Waals surface area contributed by atoms with Gasteiger partial charge in [0.1, 0.15) is 0 Å². The lowest BCUT2D eigenvalue weighted by atomic mass is 10.1. The van der Waals surface area contributed by atoms with Crippen LogP contribution in [0.4, 0.5) is 0 Å². The summed E-state index contributed by atoms with van der Waals surface area (Å²) < 4.78 is 5.31. The first-order chi connectivity index (χ1) is 10.4. The van der Waals surface area contributed by atoms with E-state index in [-0.39, 0.29) is 12.5 Å². The van der Waals surface area contributed by atoms with E-state index < -0.39 is 12.0 Å². The summed E-state index contributed by atoms with van der Waals surface area (Å²) >= 11 is 0. The van der Waals surface area contributed by atoms with Gasteiger partial charge in [-0.05, 0) is 32.0 Å². The van der Waals surface area contributed by atoms with Gasteiger partial charge in [-0.2, -0.15) is 0 Å². The number of ether oxygens (including phenoxy) is 1. The molecule has 0 bridgehead atoms. The number of amides is 1. The lowest BCUT2D eigenvalue weighted by Crippen LogP contribution is -2.39. The van der Waals surface area contributed by atoms with Crippen molar-refractivity contribution >= 4 is 11.9 Å². The highest BCUT2D eigenvalue weighted by Gasteiger charge is 2.24. The molecule has 22 heavy (non-hydrogen) atoms. The SMILES string of the molecule is CC(C)CCOC(=O)C(NC(=O)CN(C)C)c1ccccc1. The first-order valence-corrected chi connectivity index (χ1v) is 7.55. The molecule has 0 aliphatic rings. The van der Waals surface area contributed by atoms with Crippen molar-refractivity contribution in [3.63, 3.8) is 0 Å². The highest BCUT2D eigenvalue weighted by molar-refractivity contribution is 5.86. The molecule has 1 rings (SSSR count). The molecule has 1 unspecified atom stereocenters. The first-order valence-electron chi connectivity index (χ1n) is 7.55. The van der Waals surface area contributed by atoms with Crippen molar-refractivity contribution < 1.29 is 14.3 Å². The highest BCUT2D eigenvalue weighted by atomic mass is 16.5. The fourth-order valence-electron chi connectivity index (χ4n) is 1.90. The molecule has 0 saturated heterocycles. The molecule has 0 aliphatic carbocycles. The molecule has 0 fully saturated rings. The molecule has 0 aromatic heterocycles. The number of hydrogen-bond acceptors (Lipinski definition) is 4. The molecule has 1 aromatic rings. The van der Waals surface area contributed by atoms with Gasteiger partial charge in [0.15, 0.2) is 6.04 Å². The number of esters is 1. The predicted molar refractivity (Wildman–Crippen MR) is 86.3 cm³/mol. The van der Waals surface area contributed by atoms with E-state index in [0.717, 1.165) is 12.0 Å². The normalized spacial score (nSPS) is 12.3. The van der Waals surface area contributed by atoms with Crippen LogP contribution in [0.25, 0.3) is 0 Å². The largest absolute Gasteiger partial charge is 0.464 e. The van der Waals surface area contributed by atoms with Crippen LogP contribution in [0.2, 0.25) is 0 Å². The summed E-state index contributed by atoms with van der Waals surface area (Å²) in [5.41, 5.74) is 0.726. The van der Waals surface area contributed by atoms with Crippen molar-refractivity contribution in [3.8, 4) is 0 Å². The van der Waals surface area contributed by atoms with Crippen molar-refractivity contribution in [2.75, 3.05) is 27.2 Å². The molecule has 1 aromatic carbocycles. The highest BCUT2D eigenvalue weighted by Crippen LogP contribution is 2.15. The van der Waals surface area contributed by atoms with Crippen LogP contribution in [-0.4, -0.2) is 44.0 Å². The molecule has 0 spiro atoms. The minimum atomic E-state index is -0.763. The molecule has 1 atom stereocenters. The second-order valence-electron chi connectivity index (χ2n) is 6.00. The molecular weight excluding hydrogens is 280 g/mol. The Balaban J connectivity index is 2.74. The van der Waals surface area contributed by atoms with Gasteiger partial charge in [-0.15, -0.1) is 0 Å². The summed E-state index contributed by atoms with van der Waals surface area (Å²) in [5.74, 6) is -0.162. The van der Waals surface area contributed by atoms with E-state index in [1.54, 1.807) is 19.0 Å². The maximum Gasteiger partial charge on any atom is 0.333 e. The Hall–Kier alpha value is -1.88. The van der Waals surface area contributed by atoms with Crippen LogP contribution in [0.3, 0.4) is 0 Å². The van der Waals surface area contributed by atoms with Gasteiger partial charge in [0.05, 0.1) is 13.2 Å². The Bertz CT molecular complexity index is 472. The van der Waals surface area contributed by atoms with Gasteiger partial charge >= 0.3 is 5.97 Å². The number of carbonyl (C=O) groups excluding carboxylic acids is 2. The Morgan fingerprint density at radius 2 is 1.82 bits per heavy atom. The van der Waals surface area contributed by atoms with Crippen LogP contribution < -0.4 is 5.32 Å². The third-order valence-corrected chi connectivity index (χ3v) is 3.07. The topological polar surface area (TPSA) is 58.6 Å². The van der Waals surface area contributed by atoms with Gasteiger partial charge in [-0.3, -0.25) is 4.79 Å². The van der Waals surface area contributed by atoms with Gasteiger partial charge < -0.3 is 15.0 Å². The molecule has 5 heteroatoms. The average molecular weight is 306 g/mol. The number of carbonyl (C=O) groups is 2. The molecule has 1 N–H and O–H groups in total. The molecule has 0 heterocycles. The number of nitrogens with zero attached hydrogens (tertiary/aromatic N) is 1. The van der Waals surface area contributed by atoms with E-state index in [0.29, 0.717) is 12.5 Å². The lowest BCUT2D eigenvalue weighted by molar-refractivity contribution is -0.148. The number of benzene rings is 1. The van der Waals surface area contributed by atoms with E-state index in [1.165, 1.54) is 0 Å². The Kier molecular flexibility index (Phi) is 7.60. The quantitative estimate of drug-likeness (QED) is 0.746. The zero-order chi connectivity index (χ0) is 16.5. The maximum atomic E-state index is 12.3. The molecular formula is C17H26N2O3. The smallest absolute Gasteiger partial charge is 0.333 e. The Morgan fingerprint density at radius 1 is 1.18 bits per heavy atom. The van der Waals surface area contributed by atoms with Gasteiger partial charge in [0, 0.05) is 0 Å². The third-order valence-electron chi connectivity index (χ3n) is 3.07. The maximum absolute atomic E-state index is 12.3. The van der Waals surface area contributed by atoms with E-state index in [1.807, 2.05) is 30.3 Å². The molecule has 0 saturated carbocycles. The van der Waals surface area contributed by atoms with Crippen LogP contribution in [0.1, 0.15) is 31.9 Å². The summed E-state index contributed by atoms with van der Waals surface area (Å²) in [6.07, 6.45) is 0.804. The summed E-state index contributed by atoms with van der Waals surface area (Å²) in [6.45, 7) is 4.73. The number of rotatable bonds is 8. The number of hydrogen-bond donors (Lipinski definition) is 1. The molecule has 5 nitrogen and oxygen atoms in total. The van der Waals surface area contributed by atoms with Crippen LogP contribution in [-0.2, 0) is 14.3 Å². The van der Waals surface area contributed by atoms with Crippen molar-refractivity contribution in [2.45, 2.75) is 26.3 Å². The van der Waals surface area contributed by atoms with E-state index in [2.05, 4.69) is 19.2 Å². The van der Waals surface area contributed by atoms with Crippen LogP contribution >= 0.6 is 0 Å². The van der Waals surface area contributed by atoms with Gasteiger partial charge in [0.2, 0.25) is 5.91 Å². The monoisotopic (exact) mass is 306 g/mol. The molecule has 0 aliphatic heterocycles. The summed E-state index contributed by atoms with van der Waals surface area (Å²) in [6, 6.07) is 8.39. The Labute approximate surface area is 132 Å². The van der Waals surface area contributed by atoms with Crippen molar-refractivity contribution in [1.82, 2.24) is 10.2 Å². The van der Waals surface area contributed by atoms with Gasteiger partial charge in [-0.25, -0.2) is 4.79 Å². The van der Waals surface area contributed by atoms with E-state index in [4.69, 9.17) is 4.74 Å². The van der Waals surface area contributed by atoms with Gasteiger partial charge in [-0.1, -0.05) is 44.2 Å². The summed E-state index contributed by atoms with van der Waals surface area (Å²) in [7, 11) is 3.61. The number of likely N-dealkylation sites (N-methyl/N-ethyl adjacent to an activating group) is 1.